The molecule has 5 heteroatoms. The number of nitrogens with zero attached hydrogens (tertiary/aromatic N) is 1. The van der Waals surface area contributed by atoms with Crippen molar-refractivity contribution in [2.75, 3.05) is 6.61 Å². The summed E-state index contributed by atoms with van der Waals surface area (Å²) in [5.41, 5.74) is 1.86. The van der Waals surface area contributed by atoms with E-state index in [0.717, 1.165) is 11.1 Å². The van der Waals surface area contributed by atoms with Gasteiger partial charge in [-0.2, -0.15) is 0 Å². The Morgan fingerprint density at radius 1 is 1.47 bits per heavy atom. The molecule has 1 aliphatic heterocycles. The first-order valence-corrected chi connectivity index (χ1v) is 6.37. The van der Waals surface area contributed by atoms with Gasteiger partial charge in [0.2, 0.25) is 0 Å². The second-order valence-electron chi connectivity index (χ2n) is 4.96. The molecule has 1 aromatic rings. The Hall–Kier alpha value is -1.46. The Morgan fingerprint density at radius 2 is 2.21 bits per heavy atom. The molecule has 2 unspecified atom stereocenters. The molecule has 0 aromatic carbocycles. The van der Waals surface area contributed by atoms with Crippen LogP contribution in [0.15, 0.2) is 18.5 Å². The Kier molecular flexibility index (Phi) is 3.87. The molecular formula is C14H19NO4. The molecule has 2 heterocycles. The second-order valence-corrected chi connectivity index (χ2v) is 4.96. The van der Waals surface area contributed by atoms with Gasteiger partial charge in [0.25, 0.3) is 0 Å². The van der Waals surface area contributed by atoms with Crippen LogP contribution in [0.2, 0.25) is 0 Å². The van der Waals surface area contributed by atoms with Gasteiger partial charge in [0, 0.05) is 18.0 Å². The Balaban J connectivity index is 2.31. The third-order valence-corrected chi connectivity index (χ3v) is 3.00. The van der Waals surface area contributed by atoms with E-state index in [0.29, 0.717) is 6.61 Å². The molecule has 0 N–H and O–H groups in total. The quantitative estimate of drug-likeness (QED) is 0.784. The van der Waals surface area contributed by atoms with Crippen molar-refractivity contribution in [3.63, 3.8) is 0 Å². The summed E-state index contributed by atoms with van der Waals surface area (Å²) < 4.78 is 16.5. The number of pyridine rings is 1. The average Bonchev–Trinajstić information content (AvgIpc) is 2.66. The summed E-state index contributed by atoms with van der Waals surface area (Å²) in [6, 6.07) is 1.88. The van der Waals surface area contributed by atoms with Crippen LogP contribution < -0.4 is 0 Å². The van der Waals surface area contributed by atoms with Crippen LogP contribution in [0.1, 0.15) is 38.0 Å². The van der Waals surface area contributed by atoms with Gasteiger partial charge >= 0.3 is 5.97 Å². The van der Waals surface area contributed by atoms with Crippen molar-refractivity contribution >= 4 is 5.97 Å². The van der Waals surface area contributed by atoms with Crippen molar-refractivity contribution in [1.29, 1.82) is 0 Å². The third-order valence-electron chi connectivity index (χ3n) is 3.00. The number of carbonyl (C=O) groups excluding carboxylic acids is 1. The zero-order valence-electron chi connectivity index (χ0n) is 11.7. The van der Waals surface area contributed by atoms with Gasteiger partial charge in [-0.3, -0.25) is 4.98 Å². The van der Waals surface area contributed by atoms with E-state index in [4.69, 9.17) is 14.2 Å². The normalized spacial score (nSPS) is 25.3. The first-order valence-electron chi connectivity index (χ1n) is 6.37. The number of hydrogen-bond acceptors (Lipinski definition) is 5. The first-order chi connectivity index (χ1) is 8.94. The fourth-order valence-electron chi connectivity index (χ4n) is 2.16. The minimum Gasteiger partial charge on any atom is -0.464 e. The lowest BCUT2D eigenvalue weighted by molar-refractivity contribution is -0.170. The van der Waals surface area contributed by atoms with Crippen LogP contribution in [0, 0.1) is 6.92 Å². The molecule has 0 saturated carbocycles. The van der Waals surface area contributed by atoms with Gasteiger partial charge in [-0.25, -0.2) is 4.79 Å². The van der Waals surface area contributed by atoms with Crippen LogP contribution in [0.3, 0.4) is 0 Å². The van der Waals surface area contributed by atoms with Crippen LogP contribution in [0.4, 0.5) is 0 Å². The van der Waals surface area contributed by atoms with Crippen LogP contribution in [0.5, 0.6) is 0 Å². The predicted octanol–water partition coefficient (Wildman–Crippen LogP) is 2.15. The number of aryl methyl sites for hydroxylation is 1. The first kappa shape index (κ1) is 14.0. The fourth-order valence-corrected chi connectivity index (χ4v) is 2.16. The number of aromatic nitrogens is 1. The van der Waals surface area contributed by atoms with Crippen molar-refractivity contribution in [2.24, 2.45) is 0 Å². The van der Waals surface area contributed by atoms with Crippen molar-refractivity contribution in [3.05, 3.63) is 29.6 Å². The van der Waals surface area contributed by atoms with Gasteiger partial charge in [0.05, 0.1) is 6.61 Å². The topological polar surface area (TPSA) is 57.7 Å². The molecule has 19 heavy (non-hydrogen) atoms. The highest BCUT2D eigenvalue weighted by Crippen LogP contribution is 2.39. The SMILES string of the molecule is CCOC(=O)C1OC(C)(C)OC1c1cnccc1C. The molecule has 1 saturated heterocycles. The summed E-state index contributed by atoms with van der Waals surface area (Å²) in [6.07, 6.45) is 2.18. The van der Waals surface area contributed by atoms with E-state index in [2.05, 4.69) is 4.98 Å². The summed E-state index contributed by atoms with van der Waals surface area (Å²) in [5.74, 6) is -1.22. The molecule has 0 radical (unpaired) electrons. The van der Waals surface area contributed by atoms with Crippen LogP contribution in [0.25, 0.3) is 0 Å². The van der Waals surface area contributed by atoms with Gasteiger partial charge in [-0.1, -0.05) is 0 Å². The van der Waals surface area contributed by atoms with Crippen molar-refractivity contribution in [2.45, 2.75) is 45.7 Å². The maximum Gasteiger partial charge on any atom is 0.338 e. The van der Waals surface area contributed by atoms with Gasteiger partial charge in [0.1, 0.15) is 6.10 Å². The lowest BCUT2D eigenvalue weighted by Gasteiger charge is -2.17. The fraction of sp³-hybridized carbons (Fsp3) is 0.571. The summed E-state index contributed by atoms with van der Waals surface area (Å²) in [5, 5.41) is 0. The number of carbonyl (C=O) groups is 1. The lowest BCUT2D eigenvalue weighted by atomic mass is 10.0. The second kappa shape index (κ2) is 5.27. The molecule has 0 bridgehead atoms. The Bertz CT molecular complexity index is 472. The van der Waals surface area contributed by atoms with Gasteiger partial charge in [-0.15, -0.1) is 0 Å². The smallest absolute Gasteiger partial charge is 0.338 e. The van der Waals surface area contributed by atoms with Crippen LogP contribution in [-0.2, 0) is 19.0 Å². The number of esters is 1. The summed E-state index contributed by atoms with van der Waals surface area (Å²) in [7, 11) is 0. The molecular weight excluding hydrogens is 246 g/mol. The minimum atomic E-state index is -0.815. The standard InChI is InChI=1S/C14H19NO4/c1-5-17-13(16)12-11(18-14(3,4)19-12)10-8-15-7-6-9(10)2/h6-8,11-12H,5H2,1-4H3. The molecule has 1 aliphatic rings. The predicted molar refractivity (Wildman–Crippen MR) is 68.4 cm³/mol. The maximum atomic E-state index is 12.0. The number of hydrogen-bond donors (Lipinski definition) is 0. The lowest BCUT2D eigenvalue weighted by Crippen LogP contribution is -2.30. The van der Waals surface area contributed by atoms with Crippen LogP contribution >= 0.6 is 0 Å². The molecule has 2 atom stereocenters. The molecule has 0 spiro atoms. The highest BCUT2D eigenvalue weighted by atomic mass is 16.8. The summed E-state index contributed by atoms with van der Waals surface area (Å²) >= 11 is 0. The highest BCUT2D eigenvalue weighted by Gasteiger charge is 2.47. The van der Waals surface area contributed by atoms with E-state index in [1.165, 1.54) is 0 Å². The van der Waals surface area contributed by atoms with Crippen LogP contribution in [-0.4, -0.2) is 29.5 Å². The van der Waals surface area contributed by atoms with Gasteiger partial charge in [0.15, 0.2) is 11.9 Å². The maximum absolute atomic E-state index is 12.0. The molecule has 104 valence electrons. The van der Waals surface area contributed by atoms with E-state index < -0.39 is 24.0 Å². The van der Waals surface area contributed by atoms with E-state index >= 15 is 0 Å². The zero-order chi connectivity index (χ0) is 14.0. The molecule has 0 amide bonds. The zero-order valence-corrected chi connectivity index (χ0v) is 11.7. The van der Waals surface area contributed by atoms with E-state index in [1.54, 1.807) is 33.2 Å². The average molecular weight is 265 g/mol. The third kappa shape index (κ3) is 2.93. The Labute approximate surface area is 112 Å². The molecule has 1 aromatic heterocycles. The summed E-state index contributed by atoms with van der Waals surface area (Å²) in [4.78, 5) is 16.1. The highest BCUT2D eigenvalue weighted by molar-refractivity contribution is 5.76. The minimum absolute atomic E-state index is 0.317. The number of rotatable bonds is 3. The molecule has 2 rings (SSSR count). The largest absolute Gasteiger partial charge is 0.464 e. The van der Waals surface area contributed by atoms with E-state index in [-0.39, 0.29) is 0 Å². The van der Waals surface area contributed by atoms with E-state index in [1.807, 2.05) is 13.0 Å². The van der Waals surface area contributed by atoms with Crippen molar-refractivity contribution < 1.29 is 19.0 Å². The van der Waals surface area contributed by atoms with Crippen molar-refractivity contribution in [3.8, 4) is 0 Å². The van der Waals surface area contributed by atoms with Gasteiger partial charge in [-0.05, 0) is 39.3 Å². The van der Waals surface area contributed by atoms with Crippen molar-refractivity contribution in [1.82, 2.24) is 4.98 Å². The van der Waals surface area contributed by atoms with Gasteiger partial charge < -0.3 is 14.2 Å². The molecule has 1 fully saturated rings. The summed E-state index contributed by atoms with van der Waals surface area (Å²) in [6.45, 7) is 7.60. The molecule has 5 nitrogen and oxygen atoms in total. The number of ether oxygens (including phenoxy) is 3. The van der Waals surface area contributed by atoms with E-state index in [9.17, 15) is 4.79 Å². The molecule has 0 aliphatic carbocycles. The Morgan fingerprint density at radius 3 is 2.84 bits per heavy atom. The monoisotopic (exact) mass is 265 g/mol.